The van der Waals surface area contributed by atoms with E-state index in [1.807, 2.05) is 0 Å². The van der Waals surface area contributed by atoms with Crippen LogP contribution in [0, 0.1) is 0 Å². The minimum absolute atomic E-state index is 0.699. The second kappa shape index (κ2) is 7.25. The van der Waals surface area contributed by atoms with Gasteiger partial charge in [-0.3, -0.25) is 4.57 Å². The van der Waals surface area contributed by atoms with Crippen LogP contribution in [0.4, 0.5) is 57.1 Å². The van der Waals surface area contributed by atoms with Gasteiger partial charge in [0.1, 0.15) is 0 Å². The van der Waals surface area contributed by atoms with Crippen molar-refractivity contribution in [2.24, 2.45) is 0 Å². The van der Waals surface area contributed by atoms with Gasteiger partial charge in [-0.25, -0.2) is 0 Å². The average Bonchev–Trinajstić information content (AvgIpc) is 2.45. The van der Waals surface area contributed by atoms with Crippen LogP contribution in [0.25, 0.3) is 0 Å². The van der Waals surface area contributed by atoms with Crippen LogP contribution in [0.15, 0.2) is 0 Å². The second-order valence-electron chi connectivity index (χ2n) is 4.67. The van der Waals surface area contributed by atoms with Gasteiger partial charge < -0.3 is 9.05 Å². The molecule has 0 aromatic rings. The minimum Gasteiger partial charge on any atom is -0.305 e. The van der Waals surface area contributed by atoms with Gasteiger partial charge in [-0.05, 0) is 13.8 Å². The van der Waals surface area contributed by atoms with Crippen molar-refractivity contribution in [2.75, 3.05) is 13.2 Å². The van der Waals surface area contributed by atoms with Gasteiger partial charge in [0.25, 0.3) is 0 Å². The number of alkyl halides is 13. The molecule has 0 aliphatic heterocycles. The van der Waals surface area contributed by atoms with Crippen LogP contribution in [0.3, 0.4) is 0 Å². The summed E-state index contributed by atoms with van der Waals surface area (Å²) in [5.74, 6) is -31.7. The molecule has 27 heavy (non-hydrogen) atoms. The average molecular weight is 456 g/mol. The molecule has 0 aliphatic rings. The maximum Gasteiger partial charge on any atom is 0.460 e. The fraction of sp³-hybridized carbons (Fsp3) is 1.00. The standard InChI is InChI=1S/C10H10F13O3P/c1-3-25-27(24,26-4-2)10(22,23)8(17,18)6(13,14)5(11,12)7(15,16)9(19,20)21/h3-4H2,1-2H3. The SMILES string of the molecule is CCOP(=O)(OCC)C(F)(F)C(F)(F)C(F)(F)C(F)(F)C(F)(F)C(F)(F)F. The smallest absolute Gasteiger partial charge is 0.305 e. The molecule has 17 heteroatoms. The molecule has 0 amide bonds. The Morgan fingerprint density at radius 2 is 0.889 bits per heavy atom. The third-order valence-electron chi connectivity index (χ3n) is 2.86. The molecule has 0 N–H and O–H groups in total. The van der Waals surface area contributed by atoms with Gasteiger partial charge in [0.05, 0.1) is 13.2 Å². The highest BCUT2D eigenvalue weighted by atomic mass is 31.2. The Kier molecular flexibility index (Phi) is 7.04. The number of halogens is 13. The number of hydrogen-bond acceptors (Lipinski definition) is 3. The zero-order valence-corrected chi connectivity index (χ0v) is 13.9. The van der Waals surface area contributed by atoms with E-state index in [9.17, 15) is 61.6 Å². The van der Waals surface area contributed by atoms with E-state index in [-0.39, 0.29) is 0 Å². The molecule has 0 fully saturated rings. The van der Waals surface area contributed by atoms with Crippen molar-refractivity contribution in [3.8, 4) is 0 Å². The molecule has 0 bridgehead atoms. The lowest BCUT2D eigenvalue weighted by atomic mass is 9.98. The molecule has 0 rings (SSSR count). The Hall–Kier alpha value is -0.760. The van der Waals surface area contributed by atoms with Crippen molar-refractivity contribution in [1.29, 1.82) is 0 Å². The van der Waals surface area contributed by atoms with Gasteiger partial charge in [0.15, 0.2) is 0 Å². The van der Waals surface area contributed by atoms with E-state index in [0.29, 0.717) is 13.8 Å². The first-order valence-corrected chi connectivity index (χ1v) is 8.01. The van der Waals surface area contributed by atoms with Gasteiger partial charge >= 0.3 is 43.1 Å². The van der Waals surface area contributed by atoms with Crippen molar-refractivity contribution in [2.45, 2.75) is 49.4 Å². The molecule has 0 unspecified atom stereocenters. The van der Waals surface area contributed by atoms with Crippen LogP contribution in [0.1, 0.15) is 13.8 Å². The highest BCUT2D eigenvalue weighted by Crippen LogP contribution is 2.71. The van der Waals surface area contributed by atoms with Crippen LogP contribution in [0.2, 0.25) is 0 Å². The molecule has 0 heterocycles. The Bertz CT molecular complexity index is 561. The summed E-state index contributed by atoms with van der Waals surface area (Å²) in [6, 6.07) is 0. The predicted molar refractivity (Wildman–Crippen MR) is 61.6 cm³/mol. The fourth-order valence-corrected chi connectivity index (χ4v) is 3.04. The molecule has 0 aromatic heterocycles. The molecule has 0 saturated heterocycles. The molecular weight excluding hydrogens is 446 g/mol. The molecule has 0 saturated carbocycles. The first kappa shape index (κ1) is 26.2. The molecule has 0 spiro atoms. The number of hydrogen-bond donors (Lipinski definition) is 0. The predicted octanol–water partition coefficient (Wildman–Crippen LogP) is 5.95. The van der Waals surface area contributed by atoms with E-state index in [2.05, 4.69) is 9.05 Å². The van der Waals surface area contributed by atoms with E-state index >= 15 is 0 Å². The maximum absolute atomic E-state index is 13.7. The quantitative estimate of drug-likeness (QED) is 0.318. The highest BCUT2D eigenvalue weighted by Gasteiger charge is 2.93. The molecule has 0 atom stereocenters. The van der Waals surface area contributed by atoms with Crippen molar-refractivity contribution in [3.05, 3.63) is 0 Å². The summed E-state index contributed by atoms with van der Waals surface area (Å²) in [4.78, 5) is 0. The Morgan fingerprint density at radius 3 is 1.15 bits per heavy atom. The van der Waals surface area contributed by atoms with E-state index in [4.69, 9.17) is 0 Å². The topological polar surface area (TPSA) is 35.5 Å². The summed E-state index contributed by atoms with van der Waals surface area (Å²) >= 11 is 0. The zero-order valence-electron chi connectivity index (χ0n) is 13.0. The summed E-state index contributed by atoms with van der Waals surface area (Å²) in [6.45, 7) is -0.984. The van der Waals surface area contributed by atoms with E-state index in [0.717, 1.165) is 0 Å². The molecule has 0 radical (unpaired) electrons. The largest absolute Gasteiger partial charge is 0.460 e. The van der Waals surface area contributed by atoms with Gasteiger partial charge in [0, 0.05) is 0 Å². The first-order valence-electron chi connectivity index (χ1n) is 6.47. The Balaban J connectivity index is 6.58. The molecule has 0 aliphatic carbocycles. The Labute approximate surface area is 142 Å². The lowest BCUT2D eigenvalue weighted by Crippen LogP contribution is -2.70. The van der Waals surface area contributed by atoms with Gasteiger partial charge in [-0.15, -0.1) is 0 Å². The first-order chi connectivity index (χ1) is 11.6. The third-order valence-corrected chi connectivity index (χ3v) is 5.02. The maximum atomic E-state index is 13.7. The van der Waals surface area contributed by atoms with Crippen molar-refractivity contribution in [3.63, 3.8) is 0 Å². The summed E-state index contributed by atoms with van der Waals surface area (Å²) in [7, 11) is -6.73. The summed E-state index contributed by atoms with van der Waals surface area (Å²) in [6.07, 6.45) is -7.52. The molecule has 0 aromatic carbocycles. The van der Waals surface area contributed by atoms with Crippen LogP contribution >= 0.6 is 7.60 Å². The molecule has 164 valence electrons. The zero-order chi connectivity index (χ0) is 22.3. The second-order valence-corrected chi connectivity index (χ2v) is 6.74. The van der Waals surface area contributed by atoms with Crippen LogP contribution < -0.4 is 0 Å². The van der Waals surface area contributed by atoms with Crippen molar-refractivity contribution in [1.82, 2.24) is 0 Å². The van der Waals surface area contributed by atoms with E-state index < -0.39 is 56.3 Å². The lowest BCUT2D eigenvalue weighted by Gasteiger charge is -2.40. The minimum atomic E-state index is -8.07. The van der Waals surface area contributed by atoms with Crippen LogP contribution in [-0.2, 0) is 13.6 Å². The normalized spacial score (nSPS) is 16.0. The van der Waals surface area contributed by atoms with Crippen LogP contribution in [0.5, 0.6) is 0 Å². The van der Waals surface area contributed by atoms with E-state index in [1.165, 1.54) is 0 Å². The van der Waals surface area contributed by atoms with Gasteiger partial charge in [0.2, 0.25) is 0 Å². The number of rotatable bonds is 9. The summed E-state index contributed by atoms with van der Waals surface area (Å²) < 4.78 is 187. The lowest BCUT2D eigenvalue weighted by molar-refractivity contribution is -0.434. The summed E-state index contributed by atoms with van der Waals surface area (Å²) in [5, 5.41) is 0. The highest BCUT2D eigenvalue weighted by molar-refractivity contribution is 7.55. The van der Waals surface area contributed by atoms with E-state index in [1.54, 1.807) is 0 Å². The fourth-order valence-electron chi connectivity index (χ4n) is 1.47. The van der Waals surface area contributed by atoms with Crippen molar-refractivity contribution >= 4 is 7.60 Å². The molecular formula is C10H10F13O3P. The van der Waals surface area contributed by atoms with Gasteiger partial charge in [-0.1, -0.05) is 0 Å². The Morgan fingerprint density at radius 1 is 0.593 bits per heavy atom. The molecule has 3 nitrogen and oxygen atoms in total. The van der Waals surface area contributed by atoms with Gasteiger partial charge in [-0.2, -0.15) is 57.1 Å². The van der Waals surface area contributed by atoms with Crippen molar-refractivity contribution < 1.29 is 70.7 Å². The van der Waals surface area contributed by atoms with Crippen LogP contribution in [-0.4, -0.2) is 48.7 Å². The summed E-state index contributed by atoms with van der Waals surface area (Å²) in [5.41, 5.74) is -6.92. The monoisotopic (exact) mass is 456 g/mol. The third kappa shape index (κ3) is 3.63.